The topological polar surface area (TPSA) is 55.4 Å². The maximum absolute atomic E-state index is 10.2. The molecule has 0 amide bonds. The predicted molar refractivity (Wildman–Crippen MR) is 41.5 cm³/mol. The molecule has 0 spiro atoms. The van der Waals surface area contributed by atoms with Crippen LogP contribution in [-0.2, 0) is 14.4 Å². The van der Waals surface area contributed by atoms with E-state index in [0.717, 1.165) is 12.7 Å². The molecule has 0 aromatic rings. The Morgan fingerprint density at radius 3 is 2.30 bits per heavy atom. The van der Waals surface area contributed by atoms with Gasteiger partial charge >= 0.3 is 0 Å². The molecule has 4 nitrogen and oxygen atoms in total. The van der Waals surface area contributed by atoms with Crippen LogP contribution in [0.5, 0.6) is 0 Å². The van der Waals surface area contributed by atoms with E-state index in [0.29, 0.717) is 6.54 Å². The average Bonchev–Trinajstić information content (AvgIpc) is 1.63. The van der Waals surface area contributed by atoms with Crippen molar-refractivity contribution in [2.45, 2.75) is 13.3 Å². The lowest BCUT2D eigenvalue weighted by molar-refractivity contribution is 0.206. The summed E-state index contributed by atoms with van der Waals surface area (Å²) in [4.78, 5) is 0. The monoisotopic (exact) mass is 189 g/mol. The zero-order chi connectivity index (χ0) is 7.33. The maximum atomic E-state index is 10.2. The fourth-order valence-electron chi connectivity index (χ4n) is 0.251. The number of halogens is 1. The fraction of sp³-hybridized carbons (Fsp3) is 1.00. The van der Waals surface area contributed by atoms with Crippen LogP contribution in [0.25, 0.3) is 0 Å². The van der Waals surface area contributed by atoms with E-state index in [4.69, 9.17) is 0 Å². The molecule has 0 rings (SSSR count). The Morgan fingerprint density at radius 1 is 1.50 bits per heavy atom. The van der Waals surface area contributed by atoms with Gasteiger partial charge in [-0.25, -0.2) is 0 Å². The van der Waals surface area contributed by atoms with Gasteiger partial charge in [-0.1, -0.05) is 6.92 Å². The second kappa shape index (κ2) is 5.91. The van der Waals surface area contributed by atoms with E-state index in [1.54, 1.807) is 0 Å². The molecule has 0 saturated carbocycles. The van der Waals surface area contributed by atoms with Gasteiger partial charge in [0.1, 0.15) is 0 Å². The number of rotatable bonds is 4. The summed E-state index contributed by atoms with van der Waals surface area (Å²) >= 11 is 0. The molecule has 0 aromatic heterocycles. The molecule has 0 atom stereocenters. The third kappa shape index (κ3) is 11.0. The van der Waals surface area contributed by atoms with Crippen molar-refractivity contribution in [3.05, 3.63) is 0 Å². The molecule has 0 aliphatic rings. The van der Waals surface area contributed by atoms with Gasteiger partial charge in [0.2, 0.25) is 0 Å². The third-order valence-corrected chi connectivity index (χ3v) is 0.983. The van der Waals surface area contributed by atoms with Crippen LogP contribution in [0.15, 0.2) is 0 Å². The van der Waals surface area contributed by atoms with Crippen LogP contribution >= 0.6 is 12.4 Å². The minimum absolute atomic E-state index is 0. The van der Waals surface area contributed by atoms with Crippen molar-refractivity contribution in [1.82, 2.24) is 5.48 Å². The SMILES string of the molecule is CCCNOS(C)(=O)=O.Cl. The van der Waals surface area contributed by atoms with Gasteiger partial charge in [0, 0.05) is 6.54 Å². The van der Waals surface area contributed by atoms with Gasteiger partial charge in [0.15, 0.2) is 0 Å². The number of hydroxylamine groups is 1. The fourth-order valence-corrected chi connectivity index (χ4v) is 0.548. The number of nitrogens with one attached hydrogen (secondary N) is 1. The van der Waals surface area contributed by atoms with Crippen molar-refractivity contribution in [3.63, 3.8) is 0 Å². The number of hydrogen-bond acceptors (Lipinski definition) is 4. The van der Waals surface area contributed by atoms with Gasteiger partial charge in [-0.3, -0.25) is 0 Å². The molecule has 0 saturated heterocycles. The smallest absolute Gasteiger partial charge is 0.198 e. The van der Waals surface area contributed by atoms with Crippen LogP contribution in [0.4, 0.5) is 0 Å². The highest BCUT2D eigenvalue weighted by molar-refractivity contribution is 7.85. The molecule has 0 radical (unpaired) electrons. The van der Waals surface area contributed by atoms with E-state index in [-0.39, 0.29) is 12.4 Å². The van der Waals surface area contributed by atoms with E-state index in [2.05, 4.69) is 9.76 Å². The molecule has 1 N–H and O–H groups in total. The van der Waals surface area contributed by atoms with Crippen molar-refractivity contribution in [2.24, 2.45) is 0 Å². The van der Waals surface area contributed by atoms with Gasteiger partial charge < -0.3 is 0 Å². The molecule has 64 valence electrons. The Bertz CT molecular complexity index is 156. The van der Waals surface area contributed by atoms with E-state index in [9.17, 15) is 8.42 Å². The van der Waals surface area contributed by atoms with Crippen LogP contribution in [0.2, 0.25) is 0 Å². The lowest BCUT2D eigenvalue weighted by Crippen LogP contribution is -2.19. The lowest BCUT2D eigenvalue weighted by atomic mass is 10.5. The normalized spacial score (nSPS) is 10.6. The zero-order valence-electron chi connectivity index (χ0n) is 5.96. The standard InChI is InChI=1S/C4H11NO3S.ClH/c1-3-4-5-8-9(2,6)7;/h5H,3-4H2,1-2H3;1H. The van der Waals surface area contributed by atoms with Crippen LogP contribution < -0.4 is 5.48 Å². The summed E-state index contributed by atoms with van der Waals surface area (Å²) in [5.41, 5.74) is 2.29. The summed E-state index contributed by atoms with van der Waals surface area (Å²) in [6.45, 7) is 2.46. The minimum Gasteiger partial charge on any atom is -0.198 e. The Labute approximate surface area is 67.4 Å². The summed E-state index contributed by atoms with van der Waals surface area (Å²) in [5.74, 6) is 0. The Morgan fingerprint density at radius 2 is 2.00 bits per heavy atom. The molecular weight excluding hydrogens is 178 g/mol. The third-order valence-electron chi connectivity index (χ3n) is 0.562. The largest absolute Gasteiger partial charge is 0.280 e. The van der Waals surface area contributed by atoms with Crippen LogP contribution in [0.3, 0.4) is 0 Å². The molecule has 0 unspecified atom stereocenters. The first-order valence-electron chi connectivity index (χ1n) is 2.67. The van der Waals surface area contributed by atoms with E-state index in [1.165, 1.54) is 0 Å². The van der Waals surface area contributed by atoms with Gasteiger partial charge in [-0.15, -0.1) is 12.4 Å². The van der Waals surface area contributed by atoms with Crippen molar-refractivity contribution >= 4 is 22.5 Å². The maximum Gasteiger partial charge on any atom is 0.280 e. The molecule has 0 aliphatic heterocycles. The van der Waals surface area contributed by atoms with Crippen LogP contribution in [0, 0.1) is 0 Å². The van der Waals surface area contributed by atoms with Crippen molar-refractivity contribution in [1.29, 1.82) is 0 Å². The summed E-state index contributed by atoms with van der Waals surface area (Å²) < 4.78 is 24.6. The zero-order valence-corrected chi connectivity index (χ0v) is 7.59. The summed E-state index contributed by atoms with van der Waals surface area (Å²) in [7, 11) is -3.31. The summed E-state index contributed by atoms with van der Waals surface area (Å²) in [6.07, 6.45) is 1.84. The Balaban J connectivity index is 0. The van der Waals surface area contributed by atoms with Gasteiger partial charge in [-0.05, 0) is 6.42 Å². The second-order valence-electron chi connectivity index (χ2n) is 1.68. The van der Waals surface area contributed by atoms with E-state index < -0.39 is 10.1 Å². The average molecular weight is 190 g/mol. The molecule has 0 fully saturated rings. The first-order chi connectivity index (χ1) is 4.06. The molecule has 0 heterocycles. The first-order valence-corrected chi connectivity index (χ1v) is 4.49. The Hall–Kier alpha value is 0.160. The second-order valence-corrected chi connectivity index (χ2v) is 3.26. The van der Waals surface area contributed by atoms with E-state index >= 15 is 0 Å². The first kappa shape index (κ1) is 12.8. The molecule has 0 aliphatic carbocycles. The summed E-state index contributed by atoms with van der Waals surface area (Å²) in [5, 5.41) is 0. The van der Waals surface area contributed by atoms with Crippen molar-refractivity contribution < 1.29 is 12.7 Å². The van der Waals surface area contributed by atoms with Crippen LogP contribution in [0.1, 0.15) is 13.3 Å². The Kier molecular flexibility index (Phi) is 7.56. The summed E-state index contributed by atoms with van der Waals surface area (Å²) in [6, 6.07) is 0. The highest BCUT2D eigenvalue weighted by Crippen LogP contribution is 1.80. The van der Waals surface area contributed by atoms with Gasteiger partial charge in [0.05, 0.1) is 6.26 Å². The van der Waals surface area contributed by atoms with Crippen molar-refractivity contribution in [2.75, 3.05) is 12.8 Å². The van der Waals surface area contributed by atoms with Crippen molar-refractivity contribution in [3.8, 4) is 0 Å². The molecular formula is C4H12ClNO3S. The lowest BCUT2D eigenvalue weighted by Gasteiger charge is -1.98. The van der Waals surface area contributed by atoms with E-state index in [1.807, 2.05) is 6.92 Å². The molecule has 0 aromatic carbocycles. The quantitative estimate of drug-likeness (QED) is 0.511. The molecule has 10 heavy (non-hydrogen) atoms. The highest BCUT2D eigenvalue weighted by Gasteiger charge is 1.97. The highest BCUT2D eigenvalue weighted by atomic mass is 35.5. The van der Waals surface area contributed by atoms with Gasteiger partial charge in [0.25, 0.3) is 10.1 Å². The number of hydrogen-bond donors (Lipinski definition) is 1. The van der Waals surface area contributed by atoms with Gasteiger partial charge in [-0.2, -0.15) is 18.2 Å². The van der Waals surface area contributed by atoms with Crippen LogP contribution in [-0.4, -0.2) is 21.2 Å². The molecule has 0 bridgehead atoms. The predicted octanol–water partition coefficient (Wildman–Crippen LogP) is 0.299. The minimum atomic E-state index is -3.31. The molecule has 6 heteroatoms.